The molecule has 0 heterocycles. The van der Waals surface area contributed by atoms with Crippen LogP contribution in [0.1, 0.15) is 11.1 Å². The normalized spacial score (nSPS) is 12.0. The second-order valence-electron chi connectivity index (χ2n) is 4.76. The molecule has 0 spiro atoms. The van der Waals surface area contributed by atoms with Gasteiger partial charge in [0.1, 0.15) is 10.6 Å². The zero-order valence-corrected chi connectivity index (χ0v) is 12.6. The maximum atomic E-state index is 11.6. The van der Waals surface area contributed by atoms with Crippen LogP contribution in [-0.2, 0) is 10.0 Å². The van der Waals surface area contributed by atoms with Crippen molar-refractivity contribution in [2.24, 2.45) is 15.4 Å². The van der Waals surface area contributed by atoms with Crippen LogP contribution in [0.4, 0.5) is 17.1 Å². The molecule has 2 aromatic carbocycles. The van der Waals surface area contributed by atoms with Gasteiger partial charge in [0.05, 0.1) is 5.69 Å². The van der Waals surface area contributed by atoms with E-state index in [1.54, 1.807) is 37.3 Å². The SMILES string of the molecule is Cc1ccc(/N=N/c2ccc(N)cc2C)c(S(N)(=O)=O)c1. The molecule has 7 heteroatoms. The van der Waals surface area contributed by atoms with Gasteiger partial charge in [-0.05, 0) is 55.3 Å². The lowest BCUT2D eigenvalue weighted by Crippen LogP contribution is -2.12. The van der Waals surface area contributed by atoms with Crippen molar-refractivity contribution >= 4 is 27.1 Å². The molecule has 0 unspecified atom stereocenters. The highest BCUT2D eigenvalue weighted by Crippen LogP contribution is 2.28. The Hall–Kier alpha value is -2.25. The Morgan fingerprint density at radius 2 is 1.57 bits per heavy atom. The topological polar surface area (TPSA) is 111 Å². The Bertz CT molecular complexity index is 814. The van der Waals surface area contributed by atoms with Crippen LogP contribution in [0.15, 0.2) is 51.5 Å². The number of nitrogen functional groups attached to an aromatic ring is 1. The molecule has 6 nitrogen and oxygen atoms in total. The zero-order chi connectivity index (χ0) is 15.6. The summed E-state index contributed by atoms with van der Waals surface area (Å²) in [7, 11) is -3.85. The van der Waals surface area contributed by atoms with Crippen LogP contribution < -0.4 is 10.9 Å². The van der Waals surface area contributed by atoms with E-state index in [-0.39, 0.29) is 10.6 Å². The molecule has 0 aliphatic heterocycles. The van der Waals surface area contributed by atoms with Crippen molar-refractivity contribution in [3.05, 3.63) is 47.5 Å². The number of benzene rings is 2. The highest BCUT2D eigenvalue weighted by Gasteiger charge is 2.14. The predicted molar refractivity (Wildman–Crippen MR) is 82.3 cm³/mol. The van der Waals surface area contributed by atoms with Gasteiger partial charge in [0.25, 0.3) is 0 Å². The van der Waals surface area contributed by atoms with Crippen molar-refractivity contribution < 1.29 is 8.42 Å². The monoisotopic (exact) mass is 304 g/mol. The summed E-state index contributed by atoms with van der Waals surface area (Å²) in [5.74, 6) is 0. The smallest absolute Gasteiger partial charge is 0.240 e. The molecule has 4 N–H and O–H groups in total. The fraction of sp³-hybridized carbons (Fsp3) is 0.143. The van der Waals surface area contributed by atoms with Gasteiger partial charge in [-0.15, -0.1) is 5.11 Å². The van der Waals surface area contributed by atoms with Crippen LogP contribution in [0, 0.1) is 13.8 Å². The van der Waals surface area contributed by atoms with Crippen molar-refractivity contribution in [1.82, 2.24) is 0 Å². The molecule has 0 aliphatic rings. The standard InChI is InChI=1S/C14H16N4O2S/c1-9-3-5-13(14(7-9)21(16,19)20)18-17-12-6-4-11(15)8-10(12)2/h3-8H,15H2,1-2H3,(H2,16,19,20)/b18-17+. The number of sulfonamides is 1. The Morgan fingerprint density at radius 3 is 2.19 bits per heavy atom. The van der Waals surface area contributed by atoms with Crippen LogP contribution in [-0.4, -0.2) is 8.42 Å². The largest absolute Gasteiger partial charge is 0.399 e. The average Bonchev–Trinajstić information content (AvgIpc) is 2.38. The second-order valence-corrected chi connectivity index (χ2v) is 6.29. The Morgan fingerprint density at radius 1 is 0.952 bits per heavy atom. The lowest BCUT2D eigenvalue weighted by atomic mass is 10.2. The minimum atomic E-state index is -3.85. The first-order chi connectivity index (χ1) is 9.77. The molecule has 110 valence electrons. The Kier molecular flexibility index (Phi) is 4.06. The zero-order valence-electron chi connectivity index (χ0n) is 11.7. The van der Waals surface area contributed by atoms with Gasteiger partial charge in [0.2, 0.25) is 10.0 Å². The van der Waals surface area contributed by atoms with Gasteiger partial charge in [0.15, 0.2) is 0 Å². The minimum absolute atomic E-state index is 0.0423. The number of hydrogen-bond donors (Lipinski definition) is 2. The predicted octanol–water partition coefficient (Wildman–Crippen LogP) is 2.95. The van der Waals surface area contributed by atoms with Crippen molar-refractivity contribution in [2.75, 3.05) is 5.73 Å². The molecule has 0 bridgehead atoms. The van der Waals surface area contributed by atoms with E-state index in [0.717, 1.165) is 11.1 Å². The van der Waals surface area contributed by atoms with Gasteiger partial charge < -0.3 is 5.73 Å². The van der Waals surface area contributed by atoms with Gasteiger partial charge in [-0.3, -0.25) is 0 Å². The third kappa shape index (κ3) is 3.65. The first-order valence-corrected chi connectivity index (χ1v) is 7.73. The third-order valence-corrected chi connectivity index (χ3v) is 3.85. The summed E-state index contributed by atoms with van der Waals surface area (Å²) in [6.07, 6.45) is 0. The number of anilines is 1. The number of aryl methyl sites for hydroxylation is 2. The maximum absolute atomic E-state index is 11.6. The number of primary sulfonamides is 1. The van der Waals surface area contributed by atoms with Crippen molar-refractivity contribution in [3.63, 3.8) is 0 Å². The van der Waals surface area contributed by atoms with Crippen LogP contribution in [0.3, 0.4) is 0 Å². The lowest BCUT2D eigenvalue weighted by molar-refractivity contribution is 0.598. The summed E-state index contributed by atoms with van der Waals surface area (Å²) >= 11 is 0. The molecular formula is C14H16N4O2S. The molecule has 0 fully saturated rings. The Labute approximate surface area is 123 Å². The summed E-state index contributed by atoms with van der Waals surface area (Å²) in [5.41, 5.74) is 8.75. The molecule has 0 saturated heterocycles. The number of nitrogens with zero attached hydrogens (tertiary/aromatic N) is 2. The van der Waals surface area contributed by atoms with Gasteiger partial charge in [-0.25, -0.2) is 13.6 Å². The van der Waals surface area contributed by atoms with Crippen molar-refractivity contribution in [1.29, 1.82) is 0 Å². The van der Waals surface area contributed by atoms with E-state index in [2.05, 4.69) is 10.2 Å². The van der Waals surface area contributed by atoms with Gasteiger partial charge in [0, 0.05) is 5.69 Å². The molecule has 0 aromatic heterocycles. The lowest BCUT2D eigenvalue weighted by Gasteiger charge is -2.04. The molecule has 21 heavy (non-hydrogen) atoms. The molecule has 0 aliphatic carbocycles. The summed E-state index contributed by atoms with van der Waals surface area (Å²) in [5, 5.41) is 13.3. The molecular weight excluding hydrogens is 288 g/mol. The van der Waals surface area contributed by atoms with E-state index < -0.39 is 10.0 Å². The maximum Gasteiger partial charge on any atom is 0.240 e. The number of azo groups is 1. The van der Waals surface area contributed by atoms with E-state index >= 15 is 0 Å². The van der Waals surface area contributed by atoms with E-state index in [1.165, 1.54) is 6.07 Å². The van der Waals surface area contributed by atoms with Crippen LogP contribution >= 0.6 is 0 Å². The van der Waals surface area contributed by atoms with Crippen LogP contribution in [0.25, 0.3) is 0 Å². The van der Waals surface area contributed by atoms with Crippen molar-refractivity contribution in [2.45, 2.75) is 18.7 Å². The quantitative estimate of drug-likeness (QED) is 0.671. The fourth-order valence-electron chi connectivity index (χ4n) is 1.83. The average molecular weight is 304 g/mol. The van der Waals surface area contributed by atoms with E-state index in [4.69, 9.17) is 10.9 Å². The Balaban J connectivity index is 2.46. The van der Waals surface area contributed by atoms with E-state index in [9.17, 15) is 8.42 Å². The first-order valence-electron chi connectivity index (χ1n) is 6.19. The van der Waals surface area contributed by atoms with Crippen LogP contribution in [0.5, 0.6) is 0 Å². The van der Waals surface area contributed by atoms with Gasteiger partial charge in [-0.2, -0.15) is 5.11 Å². The molecule has 2 aromatic rings. The van der Waals surface area contributed by atoms with Gasteiger partial charge in [-0.1, -0.05) is 6.07 Å². The first kappa shape index (κ1) is 15.1. The number of hydrogen-bond acceptors (Lipinski definition) is 5. The highest BCUT2D eigenvalue weighted by atomic mass is 32.2. The molecule has 0 atom stereocenters. The van der Waals surface area contributed by atoms with E-state index in [1.807, 2.05) is 6.92 Å². The molecule has 0 radical (unpaired) electrons. The third-order valence-electron chi connectivity index (χ3n) is 2.91. The summed E-state index contributed by atoms with van der Waals surface area (Å²) in [6.45, 7) is 3.63. The summed E-state index contributed by atoms with van der Waals surface area (Å²) in [6, 6.07) is 9.99. The molecule has 2 rings (SSSR count). The van der Waals surface area contributed by atoms with E-state index in [0.29, 0.717) is 11.4 Å². The highest BCUT2D eigenvalue weighted by molar-refractivity contribution is 7.89. The minimum Gasteiger partial charge on any atom is -0.399 e. The summed E-state index contributed by atoms with van der Waals surface area (Å²) in [4.78, 5) is -0.0423. The summed E-state index contributed by atoms with van der Waals surface area (Å²) < 4.78 is 23.2. The number of nitrogens with two attached hydrogens (primary N) is 2. The van der Waals surface area contributed by atoms with Gasteiger partial charge >= 0.3 is 0 Å². The second kappa shape index (κ2) is 5.63. The molecule has 0 saturated carbocycles. The fourth-order valence-corrected chi connectivity index (χ4v) is 2.58. The van der Waals surface area contributed by atoms with Crippen molar-refractivity contribution in [3.8, 4) is 0 Å². The van der Waals surface area contributed by atoms with Crippen LogP contribution in [0.2, 0.25) is 0 Å². The number of rotatable bonds is 3. The molecule has 0 amide bonds.